The van der Waals surface area contributed by atoms with Crippen molar-refractivity contribution >= 4 is 41.0 Å². The van der Waals surface area contributed by atoms with E-state index in [-0.39, 0.29) is 13.0 Å². The zero-order valence-electron chi connectivity index (χ0n) is 16.2. The average Bonchev–Trinajstić information content (AvgIpc) is 3.09. The number of nitrogens with one attached hydrogen (secondary N) is 2. The van der Waals surface area contributed by atoms with Crippen LogP contribution in [0.5, 0.6) is 0 Å². The normalized spacial score (nSPS) is 15.6. The van der Waals surface area contributed by atoms with Crippen molar-refractivity contribution in [3.05, 3.63) is 64.7 Å². The van der Waals surface area contributed by atoms with Crippen LogP contribution in [0.15, 0.2) is 48.5 Å². The average molecular weight is 430 g/mol. The molecule has 3 rings (SSSR count). The standard InChI is InChI=1S/C21H20ClN3O5/c1-13-2-4-14(5-3-13)20(28)24-25-11-15(10-19(25)27)21(29)30-12-18(26)23-17-8-6-16(22)7-9-17/h2-9,15H,10-12H2,1H3,(H,23,26)(H,24,28)/t15-/m0/s1. The van der Waals surface area contributed by atoms with Crippen molar-refractivity contribution in [2.45, 2.75) is 13.3 Å². The van der Waals surface area contributed by atoms with E-state index in [1.807, 2.05) is 6.92 Å². The van der Waals surface area contributed by atoms with E-state index in [9.17, 15) is 19.2 Å². The largest absolute Gasteiger partial charge is 0.455 e. The summed E-state index contributed by atoms with van der Waals surface area (Å²) in [5.41, 5.74) is 4.42. The van der Waals surface area contributed by atoms with Gasteiger partial charge in [-0.25, -0.2) is 0 Å². The van der Waals surface area contributed by atoms with E-state index in [0.717, 1.165) is 10.6 Å². The van der Waals surface area contributed by atoms with Crippen LogP contribution in [0.3, 0.4) is 0 Å². The summed E-state index contributed by atoms with van der Waals surface area (Å²) in [5.74, 6) is -2.80. The van der Waals surface area contributed by atoms with Gasteiger partial charge in [0.05, 0.1) is 12.5 Å². The molecule has 1 aliphatic heterocycles. The molecule has 1 aliphatic rings. The van der Waals surface area contributed by atoms with E-state index < -0.39 is 36.2 Å². The highest BCUT2D eigenvalue weighted by Crippen LogP contribution is 2.18. The van der Waals surface area contributed by atoms with Crippen molar-refractivity contribution in [1.82, 2.24) is 10.4 Å². The maximum atomic E-state index is 12.3. The first-order chi connectivity index (χ1) is 14.3. The number of hydrogen-bond acceptors (Lipinski definition) is 5. The van der Waals surface area contributed by atoms with E-state index in [4.69, 9.17) is 16.3 Å². The highest BCUT2D eigenvalue weighted by atomic mass is 35.5. The molecular weight excluding hydrogens is 410 g/mol. The molecule has 2 aromatic carbocycles. The minimum absolute atomic E-state index is 0.0198. The Labute approximate surface area is 178 Å². The van der Waals surface area contributed by atoms with Gasteiger partial charge >= 0.3 is 5.97 Å². The first kappa shape index (κ1) is 21.3. The lowest BCUT2D eigenvalue weighted by Gasteiger charge is -2.17. The Bertz CT molecular complexity index is 960. The molecule has 156 valence electrons. The molecule has 0 bridgehead atoms. The van der Waals surface area contributed by atoms with Gasteiger partial charge in [-0.15, -0.1) is 0 Å². The number of ether oxygens (including phenoxy) is 1. The van der Waals surface area contributed by atoms with Gasteiger partial charge in [0.2, 0.25) is 5.91 Å². The molecule has 8 nitrogen and oxygen atoms in total. The van der Waals surface area contributed by atoms with Crippen molar-refractivity contribution in [2.24, 2.45) is 5.92 Å². The Balaban J connectivity index is 1.47. The van der Waals surface area contributed by atoms with Crippen LogP contribution in [0.25, 0.3) is 0 Å². The number of nitrogens with zero attached hydrogens (tertiary/aromatic N) is 1. The van der Waals surface area contributed by atoms with Crippen LogP contribution < -0.4 is 10.7 Å². The lowest BCUT2D eigenvalue weighted by atomic mass is 10.1. The second kappa shape index (κ2) is 9.41. The first-order valence-corrected chi connectivity index (χ1v) is 9.59. The minimum Gasteiger partial charge on any atom is -0.455 e. The van der Waals surface area contributed by atoms with Crippen molar-refractivity contribution in [3.8, 4) is 0 Å². The summed E-state index contributed by atoms with van der Waals surface area (Å²) in [6.07, 6.45) is -0.105. The fraction of sp³-hybridized carbons (Fsp3) is 0.238. The Morgan fingerprint density at radius 2 is 1.77 bits per heavy atom. The zero-order valence-corrected chi connectivity index (χ0v) is 16.9. The van der Waals surface area contributed by atoms with Crippen molar-refractivity contribution < 1.29 is 23.9 Å². The van der Waals surface area contributed by atoms with Gasteiger partial charge in [0.1, 0.15) is 0 Å². The number of hydrogen-bond donors (Lipinski definition) is 2. The summed E-state index contributed by atoms with van der Waals surface area (Å²) in [6.45, 7) is 1.40. The predicted molar refractivity (Wildman–Crippen MR) is 110 cm³/mol. The third kappa shape index (κ3) is 5.57. The first-order valence-electron chi connectivity index (χ1n) is 9.22. The van der Waals surface area contributed by atoms with Gasteiger partial charge < -0.3 is 10.1 Å². The molecule has 0 aliphatic carbocycles. The molecule has 3 amide bonds. The number of rotatable bonds is 6. The van der Waals surface area contributed by atoms with Crippen LogP contribution in [0.1, 0.15) is 22.3 Å². The van der Waals surface area contributed by atoms with Gasteiger partial charge in [0, 0.05) is 22.7 Å². The molecule has 0 saturated carbocycles. The number of carbonyl (C=O) groups excluding carboxylic acids is 4. The summed E-state index contributed by atoms with van der Waals surface area (Å²) < 4.78 is 5.01. The van der Waals surface area contributed by atoms with Crippen LogP contribution in [0, 0.1) is 12.8 Å². The molecule has 0 spiro atoms. The van der Waals surface area contributed by atoms with Gasteiger partial charge in [-0.3, -0.25) is 29.6 Å². The Hall–Kier alpha value is -3.39. The maximum absolute atomic E-state index is 12.3. The summed E-state index contributed by atoms with van der Waals surface area (Å²) >= 11 is 5.78. The van der Waals surface area contributed by atoms with Gasteiger partial charge in [0.25, 0.3) is 11.8 Å². The van der Waals surface area contributed by atoms with Crippen LogP contribution in [0.4, 0.5) is 5.69 Å². The van der Waals surface area contributed by atoms with Crippen molar-refractivity contribution in [3.63, 3.8) is 0 Å². The number of anilines is 1. The van der Waals surface area contributed by atoms with Gasteiger partial charge in [0.15, 0.2) is 6.61 Å². The molecular formula is C21H20ClN3O5. The van der Waals surface area contributed by atoms with Crippen LogP contribution >= 0.6 is 11.6 Å². The number of halogens is 1. The molecule has 1 fully saturated rings. The zero-order chi connectivity index (χ0) is 21.7. The Morgan fingerprint density at radius 1 is 1.10 bits per heavy atom. The number of amides is 3. The summed E-state index contributed by atoms with van der Waals surface area (Å²) in [6, 6.07) is 13.3. The number of aryl methyl sites for hydroxylation is 1. The van der Waals surface area contributed by atoms with E-state index in [1.165, 1.54) is 0 Å². The second-order valence-corrected chi connectivity index (χ2v) is 7.31. The lowest BCUT2D eigenvalue weighted by molar-refractivity contribution is -0.151. The van der Waals surface area contributed by atoms with Crippen molar-refractivity contribution in [1.29, 1.82) is 0 Å². The summed E-state index contributed by atoms with van der Waals surface area (Å²) in [5, 5.41) is 4.20. The third-order valence-electron chi connectivity index (χ3n) is 4.48. The molecule has 1 atom stereocenters. The SMILES string of the molecule is Cc1ccc(C(=O)NN2C[C@@H](C(=O)OCC(=O)Nc3ccc(Cl)cc3)CC2=O)cc1. The summed E-state index contributed by atoms with van der Waals surface area (Å²) in [4.78, 5) is 48.5. The predicted octanol–water partition coefficient (Wildman–Crippen LogP) is 2.32. The fourth-order valence-corrected chi connectivity index (χ4v) is 2.98. The number of benzene rings is 2. The number of hydrazine groups is 1. The minimum atomic E-state index is -0.765. The Kier molecular flexibility index (Phi) is 6.68. The van der Waals surface area contributed by atoms with E-state index >= 15 is 0 Å². The molecule has 9 heteroatoms. The van der Waals surface area contributed by atoms with Gasteiger partial charge in [-0.2, -0.15) is 0 Å². The highest BCUT2D eigenvalue weighted by Gasteiger charge is 2.36. The molecule has 1 saturated heterocycles. The van der Waals surface area contributed by atoms with Crippen LogP contribution in [-0.2, 0) is 19.1 Å². The molecule has 30 heavy (non-hydrogen) atoms. The van der Waals surface area contributed by atoms with Crippen LogP contribution in [-0.4, -0.2) is 41.9 Å². The van der Waals surface area contributed by atoms with Crippen molar-refractivity contribution in [2.75, 3.05) is 18.5 Å². The molecule has 0 aromatic heterocycles. The Morgan fingerprint density at radius 3 is 2.43 bits per heavy atom. The quantitative estimate of drug-likeness (QED) is 0.686. The molecule has 0 unspecified atom stereocenters. The van der Waals surface area contributed by atoms with E-state index in [2.05, 4.69) is 10.7 Å². The van der Waals surface area contributed by atoms with Crippen LogP contribution in [0.2, 0.25) is 5.02 Å². The lowest BCUT2D eigenvalue weighted by Crippen LogP contribution is -2.43. The maximum Gasteiger partial charge on any atom is 0.311 e. The number of carbonyl (C=O) groups is 4. The van der Waals surface area contributed by atoms with Gasteiger partial charge in [-0.1, -0.05) is 29.3 Å². The second-order valence-electron chi connectivity index (χ2n) is 6.88. The molecule has 0 radical (unpaired) electrons. The van der Waals surface area contributed by atoms with Gasteiger partial charge in [-0.05, 0) is 43.3 Å². The molecule has 1 heterocycles. The smallest absolute Gasteiger partial charge is 0.311 e. The molecule has 2 N–H and O–H groups in total. The highest BCUT2D eigenvalue weighted by molar-refractivity contribution is 6.30. The monoisotopic (exact) mass is 429 g/mol. The summed E-state index contributed by atoms with van der Waals surface area (Å²) in [7, 11) is 0. The topological polar surface area (TPSA) is 105 Å². The fourth-order valence-electron chi connectivity index (χ4n) is 2.85. The van der Waals surface area contributed by atoms with E-state index in [0.29, 0.717) is 16.3 Å². The third-order valence-corrected chi connectivity index (χ3v) is 4.73. The van der Waals surface area contributed by atoms with E-state index in [1.54, 1.807) is 48.5 Å². The number of esters is 1. The molecule has 2 aromatic rings.